The predicted octanol–water partition coefficient (Wildman–Crippen LogP) is 3.26. The van der Waals surface area contributed by atoms with Gasteiger partial charge in [-0.2, -0.15) is 0 Å². The summed E-state index contributed by atoms with van der Waals surface area (Å²) in [6, 6.07) is 15.0. The number of hydrogen-bond donors (Lipinski definition) is 3. The molecular formula is C21H26N4O3. The number of nitrogens with zero attached hydrogens (tertiary/aromatic N) is 2. The van der Waals surface area contributed by atoms with Crippen molar-refractivity contribution in [2.75, 3.05) is 23.8 Å². The fourth-order valence-corrected chi connectivity index (χ4v) is 2.85. The molecule has 1 aromatic heterocycles. The van der Waals surface area contributed by atoms with Crippen LogP contribution in [0.4, 0.5) is 11.6 Å². The molecular weight excluding hydrogens is 356 g/mol. The first kappa shape index (κ1) is 19.7. The second-order valence-electron chi connectivity index (χ2n) is 6.63. The molecule has 0 aliphatic rings. The molecule has 7 heteroatoms. The van der Waals surface area contributed by atoms with E-state index in [1.165, 1.54) is 0 Å². The summed E-state index contributed by atoms with van der Waals surface area (Å²) in [6.07, 6.45) is 0.367. The van der Waals surface area contributed by atoms with Gasteiger partial charge in [0.05, 0.1) is 29.4 Å². The summed E-state index contributed by atoms with van der Waals surface area (Å²) in [5.74, 6) is 1.02. The number of aliphatic hydroxyl groups is 1. The summed E-state index contributed by atoms with van der Waals surface area (Å²) in [6.45, 7) is 4.75. The van der Waals surface area contributed by atoms with Gasteiger partial charge in [0.2, 0.25) is 11.9 Å². The van der Waals surface area contributed by atoms with Crippen LogP contribution in [0.5, 0.6) is 5.75 Å². The Hall–Kier alpha value is -3.06. The Labute approximate surface area is 164 Å². The van der Waals surface area contributed by atoms with Gasteiger partial charge < -0.3 is 25.0 Å². The maximum Gasteiger partial charge on any atom is 0.244 e. The van der Waals surface area contributed by atoms with Crippen molar-refractivity contribution in [1.82, 2.24) is 9.55 Å². The van der Waals surface area contributed by atoms with Crippen molar-refractivity contribution in [2.24, 2.45) is 0 Å². The number of anilines is 2. The van der Waals surface area contributed by atoms with Crippen molar-refractivity contribution in [2.45, 2.75) is 32.9 Å². The van der Waals surface area contributed by atoms with Crippen LogP contribution in [0.25, 0.3) is 11.0 Å². The van der Waals surface area contributed by atoms with E-state index in [0.717, 1.165) is 17.5 Å². The molecule has 28 heavy (non-hydrogen) atoms. The standard InChI is InChI=1S/C21H26N4O3/c1-3-12-28-19-11-7-5-9-17(19)23-20(27)14-25-18-10-6-4-8-16(18)24-21(25)22-13-15(2)26/h4-11,15,26H,3,12-14H2,1-2H3,(H,22,24)(H,23,27). The Kier molecular flexibility index (Phi) is 6.49. The number of nitrogens with one attached hydrogen (secondary N) is 2. The van der Waals surface area contributed by atoms with E-state index in [-0.39, 0.29) is 12.5 Å². The van der Waals surface area contributed by atoms with Gasteiger partial charge in [0.25, 0.3) is 0 Å². The number of hydrogen-bond acceptors (Lipinski definition) is 5. The Bertz CT molecular complexity index is 936. The largest absolute Gasteiger partial charge is 0.491 e. The lowest BCUT2D eigenvalue weighted by atomic mass is 10.3. The Morgan fingerprint density at radius 2 is 1.96 bits per heavy atom. The number of carbonyl (C=O) groups is 1. The van der Waals surface area contributed by atoms with E-state index in [0.29, 0.717) is 30.5 Å². The number of rotatable bonds is 9. The molecule has 0 radical (unpaired) electrons. The third-order valence-corrected chi connectivity index (χ3v) is 4.13. The van der Waals surface area contributed by atoms with E-state index >= 15 is 0 Å². The first-order valence-corrected chi connectivity index (χ1v) is 9.47. The lowest BCUT2D eigenvalue weighted by Crippen LogP contribution is -2.22. The maximum absolute atomic E-state index is 12.7. The molecule has 0 bridgehead atoms. The van der Waals surface area contributed by atoms with Gasteiger partial charge in [0, 0.05) is 6.54 Å². The molecule has 1 amide bonds. The second-order valence-corrected chi connectivity index (χ2v) is 6.63. The van der Waals surface area contributed by atoms with E-state index in [1.54, 1.807) is 6.92 Å². The molecule has 2 aromatic carbocycles. The fraction of sp³-hybridized carbons (Fsp3) is 0.333. The first-order valence-electron chi connectivity index (χ1n) is 9.47. The van der Waals surface area contributed by atoms with Crippen LogP contribution in [-0.2, 0) is 11.3 Å². The molecule has 0 aliphatic carbocycles. The molecule has 148 valence electrons. The van der Waals surface area contributed by atoms with Gasteiger partial charge in [0.1, 0.15) is 12.3 Å². The summed E-state index contributed by atoms with van der Waals surface area (Å²) in [5, 5.41) is 15.6. The average Bonchev–Trinajstić information content (AvgIpc) is 3.03. The van der Waals surface area contributed by atoms with Crippen LogP contribution >= 0.6 is 0 Å². The summed E-state index contributed by atoms with van der Waals surface area (Å²) in [4.78, 5) is 17.3. The third-order valence-electron chi connectivity index (χ3n) is 4.13. The minimum atomic E-state index is -0.523. The van der Waals surface area contributed by atoms with Gasteiger partial charge in [-0.1, -0.05) is 31.2 Å². The first-order chi connectivity index (χ1) is 13.6. The Morgan fingerprint density at radius 1 is 1.21 bits per heavy atom. The van der Waals surface area contributed by atoms with Crippen LogP contribution < -0.4 is 15.4 Å². The van der Waals surface area contributed by atoms with E-state index in [9.17, 15) is 9.90 Å². The number of carbonyl (C=O) groups excluding carboxylic acids is 1. The van der Waals surface area contributed by atoms with Gasteiger partial charge in [-0.25, -0.2) is 4.98 Å². The topological polar surface area (TPSA) is 88.4 Å². The van der Waals surface area contributed by atoms with Crippen molar-refractivity contribution < 1.29 is 14.6 Å². The zero-order chi connectivity index (χ0) is 19.9. The molecule has 0 saturated carbocycles. The molecule has 0 aliphatic heterocycles. The van der Waals surface area contributed by atoms with Crippen LogP contribution in [0.1, 0.15) is 20.3 Å². The van der Waals surface area contributed by atoms with Crippen LogP contribution in [0.2, 0.25) is 0 Å². The zero-order valence-corrected chi connectivity index (χ0v) is 16.2. The number of aliphatic hydroxyl groups excluding tert-OH is 1. The van der Waals surface area contributed by atoms with Crippen LogP contribution in [0.3, 0.4) is 0 Å². The highest BCUT2D eigenvalue weighted by Crippen LogP contribution is 2.25. The maximum atomic E-state index is 12.7. The van der Waals surface area contributed by atoms with E-state index in [2.05, 4.69) is 15.6 Å². The molecule has 0 saturated heterocycles. The Balaban J connectivity index is 1.80. The van der Waals surface area contributed by atoms with E-state index in [4.69, 9.17) is 4.74 Å². The number of ether oxygens (including phenoxy) is 1. The third kappa shape index (κ3) is 4.80. The molecule has 0 fully saturated rings. The van der Waals surface area contributed by atoms with Crippen LogP contribution in [-0.4, -0.2) is 39.8 Å². The monoisotopic (exact) mass is 382 g/mol. The molecule has 1 heterocycles. The number of imidazole rings is 1. The minimum Gasteiger partial charge on any atom is -0.491 e. The lowest BCUT2D eigenvalue weighted by Gasteiger charge is -2.14. The molecule has 1 atom stereocenters. The van der Waals surface area contributed by atoms with Crippen molar-refractivity contribution >= 4 is 28.6 Å². The van der Waals surface area contributed by atoms with E-state index in [1.807, 2.05) is 60.0 Å². The lowest BCUT2D eigenvalue weighted by molar-refractivity contribution is -0.116. The minimum absolute atomic E-state index is 0.0881. The SMILES string of the molecule is CCCOc1ccccc1NC(=O)Cn1c(NCC(C)O)nc2ccccc21. The van der Waals surface area contributed by atoms with Gasteiger partial charge in [-0.05, 0) is 37.6 Å². The van der Waals surface area contributed by atoms with E-state index < -0.39 is 6.10 Å². The predicted molar refractivity (Wildman–Crippen MR) is 111 cm³/mol. The van der Waals surface area contributed by atoms with Crippen molar-refractivity contribution in [3.8, 4) is 5.75 Å². The highest BCUT2D eigenvalue weighted by atomic mass is 16.5. The van der Waals surface area contributed by atoms with Gasteiger partial charge in [0.15, 0.2) is 0 Å². The molecule has 3 rings (SSSR count). The molecule has 3 N–H and O–H groups in total. The second kappa shape index (κ2) is 9.23. The summed E-state index contributed by atoms with van der Waals surface area (Å²) < 4.78 is 7.52. The van der Waals surface area contributed by atoms with Gasteiger partial charge in [-0.3, -0.25) is 4.79 Å². The summed E-state index contributed by atoms with van der Waals surface area (Å²) in [7, 11) is 0. The number of fused-ring (bicyclic) bond motifs is 1. The van der Waals surface area contributed by atoms with Crippen LogP contribution in [0, 0.1) is 0 Å². The highest BCUT2D eigenvalue weighted by molar-refractivity contribution is 5.93. The normalized spacial score (nSPS) is 12.0. The van der Waals surface area contributed by atoms with Crippen molar-refractivity contribution in [1.29, 1.82) is 0 Å². The zero-order valence-electron chi connectivity index (χ0n) is 16.2. The number of para-hydroxylation sites is 4. The molecule has 7 nitrogen and oxygen atoms in total. The number of aromatic nitrogens is 2. The highest BCUT2D eigenvalue weighted by Gasteiger charge is 2.15. The summed E-state index contributed by atoms with van der Waals surface area (Å²) >= 11 is 0. The van der Waals surface area contributed by atoms with Crippen molar-refractivity contribution in [3.05, 3.63) is 48.5 Å². The number of benzene rings is 2. The van der Waals surface area contributed by atoms with Crippen molar-refractivity contribution in [3.63, 3.8) is 0 Å². The number of amides is 1. The van der Waals surface area contributed by atoms with Gasteiger partial charge in [-0.15, -0.1) is 0 Å². The molecule has 1 unspecified atom stereocenters. The smallest absolute Gasteiger partial charge is 0.244 e. The average molecular weight is 382 g/mol. The quantitative estimate of drug-likeness (QED) is 0.529. The van der Waals surface area contributed by atoms with Crippen LogP contribution in [0.15, 0.2) is 48.5 Å². The molecule has 3 aromatic rings. The fourth-order valence-electron chi connectivity index (χ4n) is 2.85. The van der Waals surface area contributed by atoms with Gasteiger partial charge >= 0.3 is 0 Å². The summed E-state index contributed by atoms with van der Waals surface area (Å²) in [5.41, 5.74) is 2.28. The Morgan fingerprint density at radius 3 is 2.75 bits per heavy atom. The molecule has 0 spiro atoms.